The fourth-order valence-corrected chi connectivity index (χ4v) is 4.75. The highest BCUT2D eigenvalue weighted by atomic mass is 35.5. The molecule has 0 aliphatic carbocycles. The molecule has 2 N–H and O–H groups in total. The Kier molecular flexibility index (Phi) is 11.5. The van der Waals surface area contributed by atoms with Crippen LogP contribution in [0.15, 0.2) is 57.0 Å². The summed E-state index contributed by atoms with van der Waals surface area (Å²) in [7, 11) is 0. The zero-order valence-electron chi connectivity index (χ0n) is 22.4. The number of pyridine rings is 1. The summed E-state index contributed by atoms with van der Waals surface area (Å²) in [6.07, 6.45) is 4.72. The molecule has 1 aromatic carbocycles. The monoisotopic (exact) mass is 564 g/mol. The van der Waals surface area contributed by atoms with Crippen molar-refractivity contribution in [3.05, 3.63) is 62.5 Å². The second kappa shape index (κ2) is 14.6. The van der Waals surface area contributed by atoms with Gasteiger partial charge in [0, 0.05) is 44.0 Å². The van der Waals surface area contributed by atoms with Gasteiger partial charge in [-0.15, -0.1) is 0 Å². The summed E-state index contributed by atoms with van der Waals surface area (Å²) in [6.45, 7) is 10.8. The molecule has 1 aliphatic heterocycles. The van der Waals surface area contributed by atoms with Gasteiger partial charge in [0.05, 0.1) is 22.2 Å². The van der Waals surface area contributed by atoms with Crippen molar-refractivity contribution in [2.45, 2.75) is 52.8 Å². The van der Waals surface area contributed by atoms with E-state index in [1.54, 1.807) is 12.1 Å². The van der Waals surface area contributed by atoms with E-state index in [9.17, 15) is 9.59 Å². The lowest BCUT2D eigenvalue weighted by molar-refractivity contribution is -0.148. The number of piperazine rings is 1. The summed E-state index contributed by atoms with van der Waals surface area (Å²) in [6, 6.07) is 8.02. The molecule has 0 spiro atoms. The molecule has 1 saturated heterocycles. The number of aromatic nitrogens is 1. The molecule has 3 rings (SSSR count). The predicted molar refractivity (Wildman–Crippen MR) is 153 cm³/mol. The summed E-state index contributed by atoms with van der Waals surface area (Å²) in [5.41, 5.74) is 6.96. The van der Waals surface area contributed by atoms with Gasteiger partial charge in [0.15, 0.2) is 6.73 Å². The number of allylic oxidation sites excluding steroid dienone is 4. The maximum atomic E-state index is 12.4. The number of nitrogens with two attached hydrogens (primary N) is 1. The number of carbonyl (C=O) groups excluding carboxylic acids is 1. The van der Waals surface area contributed by atoms with Gasteiger partial charge >= 0.3 is 5.97 Å². The molecule has 10 heteroatoms. The van der Waals surface area contributed by atoms with Gasteiger partial charge in [0.2, 0.25) is 0 Å². The molecule has 0 amide bonds. The molecule has 0 bridgehead atoms. The SMILES string of the molecule is CC/C=C(Cl)\C(Cl)=C(/C)N1CCN(CCCCOc2ccc3ccc(=O)n(COC(=O)C(C)N)c3c2)CC1. The van der Waals surface area contributed by atoms with Crippen LogP contribution in [-0.2, 0) is 16.3 Å². The Bertz CT molecular complexity index is 1220. The molecule has 1 aliphatic rings. The van der Waals surface area contributed by atoms with Crippen molar-refractivity contribution < 1.29 is 14.3 Å². The molecule has 1 unspecified atom stereocenters. The number of unbranched alkanes of at least 4 members (excludes halogenated alkanes) is 1. The van der Waals surface area contributed by atoms with Gasteiger partial charge in [-0.2, -0.15) is 0 Å². The van der Waals surface area contributed by atoms with Crippen LogP contribution in [0.25, 0.3) is 10.9 Å². The summed E-state index contributed by atoms with van der Waals surface area (Å²) in [4.78, 5) is 28.9. The number of esters is 1. The normalized spacial score (nSPS) is 16.4. The summed E-state index contributed by atoms with van der Waals surface area (Å²) in [5, 5.41) is 2.10. The molecule has 1 fully saturated rings. The first-order valence-electron chi connectivity index (χ1n) is 13.1. The number of carbonyl (C=O) groups is 1. The quantitative estimate of drug-likeness (QED) is 0.228. The van der Waals surface area contributed by atoms with Gasteiger partial charge in [-0.25, -0.2) is 0 Å². The van der Waals surface area contributed by atoms with Crippen LogP contribution in [0.1, 0.15) is 40.0 Å². The maximum Gasteiger partial charge on any atom is 0.324 e. The van der Waals surface area contributed by atoms with Crippen LogP contribution >= 0.6 is 23.2 Å². The van der Waals surface area contributed by atoms with Crippen LogP contribution in [-0.4, -0.2) is 65.7 Å². The van der Waals surface area contributed by atoms with E-state index in [1.807, 2.05) is 32.1 Å². The number of ether oxygens (including phenoxy) is 2. The van der Waals surface area contributed by atoms with Gasteiger partial charge in [0.25, 0.3) is 5.56 Å². The third kappa shape index (κ3) is 8.24. The number of rotatable bonds is 12. The van der Waals surface area contributed by atoms with Crippen molar-refractivity contribution in [3.63, 3.8) is 0 Å². The first-order chi connectivity index (χ1) is 18.2. The number of nitrogens with zero attached hydrogens (tertiary/aromatic N) is 3. The van der Waals surface area contributed by atoms with E-state index in [1.165, 1.54) is 17.6 Å². The van der Waals surface area contributed by atoms with Crippen LogP contribution in [0, 0.1) is 0 Å². The highest BCUT2D eigenvalue weighted by Gasteiger charge is 2.19. The number of benzene rings is 1. The average Bonchev–Trinajstić information content (AvgIpc) is 2.91. The number of hydrogen-bond acceptors (Lipinski definition) is 7. The number of hydrogen-bond donors (Lipinski definition) is 1. The van der Waals surface area contributed by atoms with Crippen molar-refractivity contribution in [1.29, 1.82) is 0 Å². The van der Waals surface area contributed by atoms with Crippen molar-refractivity contribution in [1.82, 2.24) is 14.4 Å². The van der Waals surface area contributed by atoms with Crippen LogP contribution in [0.5, 0.6) is 5.75 Å². The lowest BCUT2D eigenvalue weighted by Gasteiger charge is -2.37. The maximum absolute atomic E-state index is 12.4. The first kappa shape index (κ1) is 30.0. The topological polar surface area (TPSA) is 90.0 Å². The molecule has 8 nitrogen and oxygen atoms in total. The Labute approximate surface area is 234 Å². The molecule has 208 valence electrons. The fourth-order valence-electron chi connectivity index (χ4n) is 4.27. The Morgan fingerprint density at radius 2 is 1.84 bits per heavy atom. The second-order valence-electron chi connectivity index (χ2n) is 9.45. The number of halogens is 2. The molecule has 1 atom stereocenters. The fraction of sp³-hybridized carbons (Fsp3) is 0.500. The smallest absolute Gasteiger partial charge is 0.324 e. The molecular weight excluding hydrogens is 527 g/mol. The van der Waals surface area contributed by atoms with E-state index in [2.05, 4.69) is 9.80 Å². The lowest BCUT2D eigenvalue weighted by Crippen LogP contribution is -2.45. The van der Waals surface area contributed by atoms with E-state index >= 15 is 0 Å². The van der Waals surface area contributed by atoms with Crippen molar-refractivity contribution in [2.75, 3.05) is 39.3 Å². The van der Waals surface area contributed by atoms with Crippen LogP contribution in [0.4, 0.5) is 0 Å². The first-order valence-corrected chi connectivity index (χ1v) is 13.8. The van der Waals surface area contributed by atoms with E-state index in [-0.39, 0.29) is 12.3 Å². The minimum absolute atomic E-state index is 0.197. The number of fused-ring (bicyclic) bond motifs is 1. The molecule has 38 heavy (non-hydrogen) atoms. The van der Waals surface area contributed by atoms with E-state index in [0.717, 1.165) is 63.1 Å². The van der Waals surface area contributed by atoms with Crippen LogP contribution < -0.4 is 16.0 Å². The van der Waals surface area contributed by atoms with Gasteiger partial charge in [-0.3, -0.25) is 19.1 Å². The van der Waals surface area contributed by atoms with E-state index in [4.69, 9.17) is 38.4 Å². The standard InChI is InChI=1S/C28H38Cl2N4O4/c1-4-7-24(29)27(30)21(3)33-15-13-32(14-16-33)12-5-6-17-37-23-10-8-22-9-11-26(35)34(25(22)18-23)19-38-28(36)20(2)31/h7-11,18,20H,4-6,12-17,19,31H2,1-3H3/b24-7+,27-21-. The van der Waals surface area contributed by atoms with Gasteiger partial charge in [-0.05, 0) is 63.2 Å². The largest absolute Gasteiger partial charge is 0.494 e. The summed E-state index contributed by atoms with van der Waals surface area (Å²) >= 11 is 12.7. The highest BCUT2D eigenvalue weighted by Crippen LogP contribution is 2.26. The molecule has 0 radical (unpaired) electrons. The lowest BCUT2D eigenvalue weighted by atomic mass is 10.2. The minimum Gasteiger partial charge on any atom is -0.494 e. The van der Waals surface area contributed by atoms with Crippen molar-refractivity contribution >= 4 is 40.1 Å². The molecular formula is C28H38Cl2N4O4. The molecule has 0 saturated carbocycles. The highest BCUT2D eigenvalue weighted by molar-refractivity contribution is 6.44. The van der Waals surface area contributed by atoms with Gasteiger partial charge < -0.3 is 20.1 Å². The zero-order chi connectivity index (χ0) is 27.7. The van der Waals surface area contributed by atoms with E-state index in [0.29, 0.717) is 27.9 Å². The second-order valence-corrected chi connectivity index (χ2v) is 10.2. The third-order valence-electron chi connectivity index (χ3n) is 6.57. The van der Waals surface area contributed by atoms with Crippen LogP contribution in [0.3, 0.4) is 0 Å². The summed E-state index contributed by atoms with van der Waals surface area (Å²) < 4.78 is 12.5. The predicted octanol–water partition coefficient (Wildman–Crippen LogP) is 4.63. The molecule has 1 aromatic heterocycles. The molecule has 2 aromatic rings. The Hall–Kier alpha value is -2.52. The van der Waals surface area contributed by atoms with Crippen LogP contribution in [0.2, 0.25) is 0 Å². The molecule has 2 heterocycles. The Morgan fingerprint density at radius 3 is 2.53 bits per heavy atom. The Morgan fingerprint density at radius 1 is 1.13 bits per heavy atom. The van der Waals surface area contributed by atoms with Gasteiger partial charge in [-0.1, -0.05) is 36.2 Å². The van der Waals surface area contributed by atoms with Crippen molar-refractivity contribution in [3.8, 4) is 5.75 Å². The zero-order valence-corrected chi connectivity index (χ0v) is 23.9. The Balaban J connectivity index is 1.46. The van der Waals surface area contributed by atoms with Crippen molar-refractivity contribution in [2.24, 2.45) is 5.73 Å². The summed E-state index contributed by atoms with van der Waals surface area (Å²) in [5.74, 6) is 0.102. The van der Waals surface area contributed by atoms with E-state index < -0.39 is 12.0 Å². The average molecular weight is 566 g/mol. The third-order valence-corrected chi connectivity index (χ3v) is 7.48. The van der Waals surface area contributed by atoms with Gasteiger partial charge in [0.1, 0.15) is 11.8 Å². The minimum atomic E-state index is -0.755.